The average molecular weight is 268 g/mol. The topological polar surface area (TPSA) is 69.6 Å². The minimum atomic E-state index is -0.726. The first kappa shape index (κ1) is 14.3. The highest BCUT2D eigenvalue weighted by molar-refractivity contribution is 5.77. The molecule has 19 heavy (non-hydrogen) atoms. The zero-order chi connectivity index (χ0) is 13.8. The Labute approximate surface area is 114 Å². The molecular weight excluding hydrogens is 244 g/mol. The van der Waals surface area contributed by atoms with Gasteiger partial charge in [0.05, 0.1) is 5.92 Å². The quantitative estimate of drug-likeness (QED) is 0.804. The number of carbonyl (C=O) groups is 2. The zero-order valence-electron chi connectivity index (χ0n) is 11.6. The smallest absolute Gasteiger partial charge is 0.306 e. The van der Waals surface area contributed by atoms with Gasteiger partial charge in [-0.05, 0) is 51.6 Å². The Morgan fingerprint density at radius 2 is 2.16 bits per heavy atom. The van der Waals surface area contributed by atoms with Gasteiger partial charge >= 0.3 is 5.97 Å². The predicted octanol–water partition coefficient (Wildman–Crippen LogP) is 1.09. The Bertz CT molecular complexity index is 340. The third-order valence-corrected chi connectivity index (χ3v) is 4.41. The lowest BCUT2D eigenvalue weighted by Gasteiger charge is -2.37. The summed E-state index contributed by atoms with van der Waals surface area (Å²) < 4.78 is 0. The van der Waals surface area contributed by atoms with Gasteiger partial charge in [-0.1, -0.05) is 0 Å². The number of amides is 1. The van der Waals surface area contributed by atoms with Gasteiger partial charge in [0.1, 0.15) is 0 Å². The number of rotatable bonds is 3. The summed E-state index contributed by atoms with van der Waals surface area (Å²) in [4.78, 5) is 25.2. The average Bonchev–Trinajstić information content (AvgIpc) is 2.39. The van der Waals surface area contributed by atoms with Gasteiger partial charge in [-0.3, -0.25) is 9.59 Å². The fourth-order valence-corrected chi connectivity index (χ4v) is 3.23. The molecule has 0 radical (unpaired) electrons. The first-order valence-electron chi connectivity index (χ1n) is 7.31. The summed E-state index contributed by atoms with van der Waals surface area (Å²) in [6.07, 6.45) is 4.06. The summed E-state index contributed by atoms with van der Waals surface area (Å²) in [5.74, 6) is -0.360. The van der Waals surface area contributed by atoms with Crippen molar-refractivity contribution in [2.24, 2.45) is 11.8 Å². The molecule has 2 N–H and O–H groups in total. The molecule has 2 fully saturated rings. The van der Waals surface area contributed by atoms with Crippen molar-refractivity contribution in [2.75, 3.05) is 19.6 Å². The van der Waals surface area contributed by atoms with Crippen LogP contribution in [0, 0.1) is 11.8 Å². The van der Waals surface area contributed by atoms with Crippen molar-refractivity contribution in [3.8, 4) is 0 Å². The third kappa shape index (κ3) is 3.69. The van der Waals surface area contributed by atoms with E-state index in [4.69, 9.17) is 5.11 Å². The van der Waals surface area contributed by atoms with Crippen molar-refractivity contribution >= 4 is 11.9 Å². The highest BCUT2D eigenvalue weighted by Gasteiger charge is 2.32. The summed E-state index contributed by atoms with van der Waals surface area (Å²) >= 11 is 0. The molecule has 3 unspecified atom stereocenters. The molecule has 5 heteroatoms. The number of carboxylic acids is 1. The van der Waals surface area contributed by atoms with Crippen LogP contribution in [0.2, 0.25) is 0 Å². The van der Waals surface area contributed by atoms with Crippen LogP contribution in [0.1, 0.15) is 39.0 Å². The lowest BCUT2D eigenvalue weighted by Crippen LogP contribution is -2.47. The summed E-state index contributed by atoms with van der Waals surface area (Å²) in [6.45, 7) is 4.56. The van der Waals surface area contributed by atoms with E-state index in [-0.39, 0.29) is 17.9 Å². The molecule has 0 saturated carbocycles. The van der Waals surface area contributed by atoms with Crippen LogP contribution in [0.15, 0.2) is 0 Å². The zero-order valence-corrected chi connectivity index (χ0v) is 11.6. The molecule has 2 aliphatic heterocycles. The molecule has 0 spiro atoms. The van der Waals surface area contributed by atoms with Gasteiger partial charge in [0.25, 0.3) is 0 Å². The molecular formula is C14H24N2O3. The van der Waals surface area contributed by atoms with Crippen LogP contribution in [-0.2, 0) is 9.59 Å². The second kappa shape index (κ2) is 6.37. The molecule has 0 aromatic heterocycles. The van der Waals surface area contributed by atoms with Crippen molar-refractivity contribution in [2.45, 2.75) is 45.1 Å². The second-order valence-electron chi connectivity index (χ2n) is 5.91. The van der Waals surface area contributed by atoms with Gasteiger partial charge in [0.15, 0.2) is 0 Å². The van der Waals surface area contributed by atoms with Crippen molar-refractivity contribution in [1.82, 2.24) is 10.2 Å². The maximum absolute atomic E-state index is 12.3. The highest BCUT2D eigenvalue weighted by atomic mass is 16.4. The molecule has 0 aromatic carbocycles. The predicted molar refractivity (Wildman–Crippen MR) is 71.7 cm³/mol. The lowest BCUT2D eigenvalue weighted by atomic mass is 9.90. The van der Waals surface area contributed by atoms with Crippen molar-refractivity contribution < 1.29 is 14.7 Å². The van der Waals surface area contributed by atoms with E-state index in [1.165, 1.54) is 0 Å². The van der Waals surface area contributed by atoms with Gasteiger partial charge in [-0.25, -0.2) is 0 Å². The summed E-state index contributed by atoms with van der Waals surface area (Å²) in [5, 5.41) is 12.4. The standard InChI is InChI=1S/C14H24N2O3/c1-10-7-12(14(18)19)4-6-16(10)13(17)8-11-3-2-5-15-9-11/h10-12,15H,2-9H2,1H3,(H,18,19). The van der Waals surface area contributed by atoms with Gasteiger partial charge in [0.2, 0.25) is 5.91 Å². The van der Waals surface area contributed by atoms with E-state index >= 15 is 0 Å². The summed E-state index contributed by atoms with van der Waals surface area (Å²) in [7, 11) is 0. The number of carbonyl (C=O) groups excluding carboxylic acids is 1. The number of nitrogens with one attached hydrogen (secondary N) is 1. The monoisotopic (exact) mass is 268 g/mol. The number of nitrogens with zero attached hydrogens (tertiary/aromatic N) is 1. The normalized spacial score (nSPS) is 32.1. The van der Waals surface area contributed by atoms with Crippen LogP contribution in [0.4, 0.5) is 0 Å². The Morgan fingerprint density at radius 3 is 2.74 bits per heavy atom. The number of piperidine rings is 2. The Hall–Kier alpha value is -1.10. The fraction of sp³-hybridized carbons (Fsp3) is 0.857. The lowest BCUT2D eigenvalue weighted by molar-refractivity contribution is -0.147. The molecule has 5 nitrogen and oxygen atoms in total. The fourth-order valence-electron chi connectivity index (χ4n) is 3.23. The first-order valence-corrected chi connectivity index (χ1v) is 7.31. The van der Waals surface area contributed by atoms with E-state index in [1.54, 1.807) is 0 Å². The van der Waals surface area contributed by atoms with E-state index in [0.29, 0.717) is 31.7 Å². The number of carboxylic acid groups (broad SMARTS) is 1. The Balaban J connectivity index is 1.84. The van der Waals surface area contributed by atoms with E-state index < -0.39 is 5.97 Å². The number of hydrogen-bond acceptors (Lipinski definition) is 3. The van der Waals surface area contributed by atoms with Gasteiger partial charge in [-0.2, -0.15) is 0 Å². The SMILES string of the molecule is CC1CC(C(=O)O)CCN1C(=O)CC1CCCNC1. The van der Waals surface area contributed by atoms with E-state index in [0.717, 1.165) is 25.9 Å². The molecule has 1 amide bonds. The first-order chi connectivity index (χ1) is 9.08. The highest BCUT2D eigenvalue weighted by Crippen LogP contribution is 2.25. The van der Waals surface area contributed by atoms with Crippen LogP contribution >= 0.6 is 0 Å². The maximum Gasteiger partial charge on any atom is 0.306 e. The Morgan fingerprint density at radius 1 is 1.37 bits per heavy atom. The van der Waals surface area contributed by atoms with Gasteiger partial charge in [-0.15, -0.1) is 0 Å². The van der Waals surface area contributed by atoms with Crippen LogP contribution < -0.4 is 5.32 Å². The van der Waals surface area contributed by atoms with Crippen molar-refractivity contribution in [3.05, 3.63) is 0 Å². The van der Waals surface area contributed by atoms with Gasteiger partial charge < -0.3 is 15.3 Å². The number of hydrogen-bond donors (Lipinski definition) is 2. The van der Waals surface area contributed by atoms with Crippen LogP contribution in [-0.4, -0.2) is 47.6 Å². The Kier molecular flexibility index (Phi) is 4.80. The summed E-state index contributed by atoms with van der Waals surface area (Å²) in [6, 6.07) is 0.0545. The molecule has 0 aromatic rings. The van der Waals surface area contributed by atoms with Crippen molar-refractivity contribution in [3.63, 3.8) is 0 Å². The van der Waals surface area contributed by atoms with Crippen LogP contribution in [0.3, 0.4) is 0 Å². The minimum Gasteiger partial charge on any atom is -0.481 e. The van der Waals surface area contributed by atoms with Crippen molar-refractivity contribution in [1.29, 1.82) is 0 Å². The van der Waals surface area contributed by atoms with E-state index in [1.807, 2.05) is 11.8 Å². The third-order valence-electron chi connectivity index (χ3n) is 4.41. The minimum absolute atomic E-state index is 0.0545. The molecule has 108 valence electrons. The largest absolute Gasteiger partial charge is 0.481 e. The second-order valence-corrected chi connectivity index (χ2v) is 5.91. The van der Waals surface area contributed by atoms with Crippen LogP contribution in [0.5, 0.6) is 0 Å². The van der Waals surface area contributed by atoms with Gasteiger partial charge in [0, 0.05) is 19.0 Å². The molecule has 2 saturated heterocycles. The molecule has 0 aliphatic carbocycles. The maximum atomic E-state index is 12.3. The molecule has 3 atom stereocenters. The molecule has 2 rings (SSSR count). The molecule has 2 heterocycles. The number of likely N-dealkylation sites (tertiary alicyclic amines) is 1. The number of aliphatic carboxylic acids is 1. The summed E-state index contributed by atoms with van der Waals surface area (Å²) in [5.41, 5.74) is 0. The van der Waals surface area contributed by atoms with E-state index in [2.05, 4.69) is 5.32 Å². The molecule has 0 bridgehead atoms. The van der Waals surface area contributed by atoms with Crippen LogP contribution in [0.25, 0.3) is 0 Å². The molecule has 2 aliphatic rings. The van der Waals surface area contributed by atoms with E-state index in [9.17, 15) is 9.59 Å².